The highest BCUT2D eigenvalue weighted by atomic mass is 16.5. The van der Waals surface area contributed by atoms with E-state index < -0.39 is 5.97 Å². The summed E-state index contributed by atoms with van der Waals surface area (Å²) < 4.78 is 9.81. The fraction of sp³-hybridized carbons (Fsp3) is 0.333. The lowest BCUT2D eigenvalue weighted by molar-refractivity contribution is 0.0685. The van der Waals surface area contributed by atoms with Crippen molar-refractivity contribution in [3.05, 3.63) is 23.6 Å². The number of carboxylic acids is 1. The fourth-order valence-corrected chi connectivity index (χ4v) is 0.962. The summed E-state index contributed by atoms with van der Waals surface area (Å²) in [6, 6.07) is 1.33. The minimum Gasteiger partial charge on any atom is -0.493 e. The van der Waals surface area contributed by atoms with Crippen LogP contribution in [0.2, 0.25) is 0 Å². The molecule has 0 aromatic carbocycles. The molecule has 0 atom stereocenters. The molecule has 0 bridgehead atoms. The number of methoxy groups -OCH3 is 1. The van der Waals surface area contributed by atoms with Crippen LogP contribution in [0.25, 0.3) is 5.76 Å². The second-order valence-electron chi connectivity index (χ2n) is 2.56. The number of aromatic carboxylic acids is 1. The number of rotatable bonds is 4. The average molecular weight is 197 g/mol. The zero-order valence-electron chi connectivity index (χ0n) is 7.98. The van der Waals surface area contributed by atoms with Crippen LogP contribution in [0.1, 0.15) is 29.6 Å². The van der Waals surface area contributed by atoms with Gasteiger partial charge in [0.05, 0.1) is 7.11 Å². The zero-order chi connectivity index (χ0) is 10.6. The number of nitrogens with zero attached hydrogens (tertiary/aromatic N) is 1. The number of aromatic nitrogens is 1. The van der Waals surface area contributed by atoms with Crippen LogP contribution < -0.4 is 0 Å². The van der Waals surface area contributed by atoms with Crippen molar-refractivity contribution in [3.63, 3.8) is 0 Å². The molecule has 1 aromatic rings. The molecular weight excluding hydrogens is 186 g/mol. The summed E-state index contributed by atoms with van der Waals surface area (Å²) in [6.45, 7) is 1.94. The van der Waals surface area contributed by atoms with E-state index in [-0.39, 0.29) is 5.69 Å². The van der Waals surface area contributed by atoms with Gasteiger partial charge in [-0.05, 0) is 12.5 Å². The van der Waals surface area contributed by atoms with Crippen molar-refractivity contribution in [3.8, 4) is 0 Å². The maximum atomic E-state index is 10.5. The molecule has 1 rings (SSSR count). The van der Waals surface area contributed by atoms with E-state index in [1.165, 1.54) is 13.2 Å². The van der Waals surface area contributed by atoms with Gasteiger partial charge in [-0.1, -0.05) is 12.1 Å². The van der Waals surface area contributed by atoms with E-state index in [2.05, 4.69) is 5.16 Å². The Labute approximate surface area is 81.0 Å². The summed E-state index contributed by atoms with van der Waals surface area (Å²) in [5.74, 6) is -0.300. The summed E-state index contributed by atoms with van der Waals surface area (Å²) in [5.41, 5.74) is -0.126. The SMILES string of the molecule is CC/C=C(\OC)c1cc(C(=O)O)no1. The summed E-state index contributed by atoms with van der Waals surface area (Å²) in [4.78, 5) is 10.5. The predicted octanol–water partition coefficient (Wildman–Crippen LogP) is 1.77. The molecular formula is C9H11NO4. The first-order valence-corrected chi connectivity index (χ1v) is 4.13. The first-order chi connectivity index (χ1) is 6.69. The Morgan fingerprint density at radius 3 is 2.93 bits per heavy atom. The smallest absolute Gasteiger partial charge is 0.358 e. The Morgan fingerprint density at radius 1 is 1.79 bits per heavy atom. The molecule has 5 nitrogen and oxygen atoms in total. The van der Waals surface area contributed by atoms with Gasteiger partial charge in [-0.15, -0.1) is 0 Å². The Kier molecular flexibility index (Phi) is 3.28. The van der Waals surface area contributed by atoms with E-state index in [4.69, 9.17) is 14.4 Å². The van der Waals surface area contributed by atoms with Crippen LogP contribution in [0.4, 0.5) is 0 Å². The number of ether oxygens (including phenoxy) is 1. The van der Waals surface area contributed by atoms with Crippen LogP contribution >= 0.6 is 0 Å². The van der Waals surface area contributed by atoms with Crippen LogP contribution in [0.15, 0.2) is 16.7 Å². The van der Waals surface area contributed by atoms with Gasteiger partial charge >= 0.3 is 5.97 Å². The monoisotopic (exact) mass is 197 g/mol. The zero-order valence-corrected chi connectivity index (χ0v) is 7.98. The number of hydrogen-bond acceptors (Lipinski definition) is 4. The third kappa shape index (κ3) is 2.12. The molecule has 0 saturated heterocycles. The Balaban J connectivity index is 2.95. The second-order valence-corrected chi connectivity index (χ2v) is 2.56. The van der Waals surface area contributed by atoms with Gasteiger partial charge in [0.2, 0.25) is 5.76 Å². The normalized spacial score (nSPS) is 11.4. The maximum Gasteiger partial charge on any atom is 0.358 e. The van der Waals surface area contributed by atoms with Crippen molar-refractivity contribution < 1.29 is 19.2 Å². The molecule has 0 aliphatic rings. The van der Waals surface area contributed by atoms with Gasteiger partial charge in [0.15, 0.2) is 11.5 Å². The topological polar surface area (TPSA) is 72.6 Å². The summed E-state index contributed by atoms with van der Waals surface area (Å²) in [6.07, 6.45) is 2.55. The second kappa shape index (κ2) is 4.45. The largest absolute Gasteiger partial charge is 0.493 e. The maximum absolute atomic E-state index is 10.5. The van der Waals surface area contributed by atoms with Crippen molar-refractivity contribution in [2.45, 2.75) is 13.3 Å². The van der Waals surface area contributed by atoms with E-state index >= 15 is 0 Å². The molecule has 0 unspecified atom stereocenters. The molecule has 1 aromatic heterocycles. The predicted molar refractivity (Wildman–Crippen MR) is 48.7 cm³/mol. The minimum atomic E-state index is -1.12. The van der Waals surface area contributed by atoms with E-state index in [9.17, 15) is 4.79 Å². The molecule has 0 radical (unpaired) electrons. The van der Waals surface area contributed by atoms with Crippen molar-refractivity contribution in [2.75, 3.05) is 7.11 Å². The number of allylic oxidation sites excluding steroid dienone is 1. The average Bonchev–Trinajstić information content (AvgIpc) is 2.63. The summed E-state index contributed by atoms with van der Waals surface area (Å²) >= 11 is 0. The van der Waals surface area contributed by atoms with Crippen LogP contribution in [0.3, 0.4) is 0 Å². The molecule has 1 N–H and O–H groups in total. The molecule has 0 aliphatic heterocycles. The molecule has 14 heavy (non-hydrogen) atoms. The first kappa shape index (κ1) is 10.3. The molecule has 1 heterocycles. The van der Waals surface area contributed by atoms with E-state index in [0.29, 0.717) is 11.5 Å². The molecule has 0 amide bonds. The van der Waals surface area contributed by atoms with E-state index in [1.807, 2.05) is 6.92 Å². The van der Waals surface area contributed by atoms with Gasteiger partial charge in [0.1, 0.15) is 0 Å². The van der Waals surface area contributed by atoms with Gasteiger partial charge in [0.25, 0.3) is 0 Å². The van der Waals surface area contributed by atoms with Gasteiger partial charge in [-0.3, -0.25) is 0 Å². The Morgan fingerprint density at radius 2 is 2.50 bits per heavy atom. The number of hydrogen-bond donors (Lipinski definition) is 1. The molecule has 0 saturated carbocycles. The van der Waals surface area contributed by atoms with Crippen molar-refractivity contribution in [1.29, 1.82) is 0 Å². The third-order valence-corrected chi connectivity index (χ3v) is 1.58. The quantitative estimate of drug-likeness (QED) is 0.744. The van der Waals surface area contributed by atoms with Gasteiger partial charge < -0.3 is 14.4 Å². The third-order valence-electron chi connectivity index (χ3n) is 1.58. The lowest BCUT2D eigenvalue weighted by atomic mass is 10.3. The highest BCUT2D eigenvalue weighted by Gasteiger charge is 2.13. The van der Waals surface area contributed by atoms with Crippen molar-refractivity contribution in [1.82, 2.24) is 5.16 Å². The standard InChI is InChI=1S/C9H11NO4/c1-3-4-7(13-2)8-5-6(9(11)12)10-14-8/h4-5H,3H2,1-2H3,(H,11,12)/b7-4-. The Hall–Kier alpha value is -1.78. The van der Waals surface area contributed by atoms with Crippen LogP contribution in [0.5, 0.6) is 0 Å². The molecule has 0 aliphatic carbocycles. The van der Waals surface area contributed by atoms with Crippen molar-refractivity contribution in [2.24, 2.45) is 0 Å². The minimum absolute atomic E-state index is 0.126. The lowest BCUT2D eigenvalue weighted by Crippen LogP contribution is -1.94. The van der Waals surface area contributed by atoms with Crippen LogP contribution in [0, 0.1) is 0 Å². The summed E-state index contributed by atoms with van der Waals surface area (Å²) in [7, 11) is 1.49. The summed E-state index contributed by atoms with van der Waals surface area (Å²) in [5, 5.41) is 12.0. The van der Waals surface area contributed by atoms with Crippen molar-refractivity contribution >= 4 is 11.7 Å². The highest BCUT2D eigenvalue weighted by molar-refractivity contribution is 5.85. The van der Waals surface area contributed by atoms with Crippen LogP contribution in [-0.4, -0.2) is 23.3 Å². The number of carbonyl (C=O) groups is 1. The van der Waals surface area contributed by atoms with E-state index in [1.54, 1.807) is 6.08 Å². The van der Waals surface area contributed by atoms with Gasteiger partial charge in [-0.25, -0.2) is 4.79 Å². The Bertz CT molecular complexity index is 353. The molecule has 5 heteroatoms. The lowest BCUT2D eigenvalue weighted by Gasteiger charge is -1.99. The highest BCUT2D eigenvalue weighted by Crippen LogP contribution is 2.16. The molecule has 76 valence electrons. The number of carboxylic acid groups (broad SMARTS) is 1. The van der Waals surface area contributed by atoms with Gasteiger partial charge in [0, 0.05) is 6.07 Å². The van der Waals surface area contributed by atoms with Gasteiger partial charge in [-0.2, -0.15) is 0 Å². The van der Waals surface area contributed by atoms with E-state index in [0.717, 1.165) is 6.42 Å². The van der Waals surface area contributed by atoms with Crippen LogP contribution in [-0.2, 0) is 4.74 Å². The molecule has 0 spiro atoms. The fourth-order valence-electron chi connectivity index (χ4n) is 0.962. The molecule has 0 fully saturated rings. The first-order valence-electron chi connectivity index (χ1n) is 4.13.